The molecule has 0 bridgehead atoms. The highest BCUT2D eigenvalue weighted by Gasteiger charge is 2.27. The van der Waals surface area contributed by atoms with Gasteiger partial charge in [-0.15, -0.1) is 0 Å². The molecule has 5 rings (SSSR count). The Morgan fingerprint density at radius 2 is 1.66 bits per heavy atom. The van der Waals surface area contributed by atoms with Gasteiger partial charge in [0.1, 0.15) is 11.4 Å². The number of nitrogens with zero attached hydrogens (tertiary/aromatic N) is 1. The molecule has 1 unspecified atom stereocenters. The number of phenols is 1. The van der Waals surface area contributed by atoms with Crippen LogP contribution in [0.1, 0.15) is 67.8 Å². The van der Waals surface area contributed by atoms with Crippen LogP contribution in [0.25, 0.3) is 22.2 Å². The number of H-pyrrole nitrogens is 1. The number of pyridine rings is 1. The Bertz CT molecular complexity index is 1230. The second-order valence-electron chi connectivity index (χ2n) is 8.84. The summed E-state index contributed by atoms with van der Waals surface area (Å²) in [7, 11) is 0. The average molecular weight is 426 g/mol. The number of anilines is 1. The summed E-state index contributed by atoms with van der Waals surface area (Å²) < 4.78 is 0. The van der Waals surface area contributed by atoms with E-state index in [1.54, 1.807) is 0 Å². The third-order valence-electron chi connectivity index (χ3n) is 6.65. The predicted molar refractivity (Wildman–Crippen MR) is 132 cm³/mol. The molecule has 1 atom stereocenters. The molecule has 164 valence electrons. The van der Waals surface area contributed by atoms with E-state index in [2.05, 4.69) is 77.8 Å². The predicted octanol–water partition coefficient (Wildman–Crippen LogP) is 7.14. The van der Waals surface area contributed by atoms with Crippen molar-refractivity contribution in [2.24, 2.45) is 0 Å². The third kappa shape index (κ3) is 3.54. The van der Waals surface area contributed by atoms with E-state index < -0.39 is 0 Å². The minimum Gasteiger partial charge on any atom is -0.507 e. The number of aryl methyl sites for hydroxylation is 2. The number of aromatic hydroxyl groups is 1. The monoisotopic (exact) mass is 425 g/mol. The lowest BCUT2D eigenvalue weighted by atomic mass is 9.91. The average Bonchev–Trinajstić information content (AvgIpc) is 3.19. The number of hydrogen-bond acceptors (Lipinski definition) is 3. The van der Waals surface area contributed by atoms with Crippen LogP contribution in [0.2, 0.25) is 0 Å². The van der Waals surface area contributed by atoms with E-state index in [0.29, 0.717) is 5.75 Å². The first kappa shape index (κ1) is 20.6. The Balaban J connectivity index is 1.70. The SMILES string of the molecule is CCCCc1cc(C2Nc3ccccc3-c3ccnc4[nH]cc2c34)cc(CCCC)c1O. The first-order valence-electron chi connectivity index (χ1n) is 11.9. The molecule has 3 N–H and O–H groups in total. The van der Waals surface area contributed by atoms with Crippen molar-refractivity contribution in [1.29, 1.82) is 0 Å². The van der Waals surface area contributed by atoms with Crippen molar-refractivity contribution in [3.63, 3.8) is 0 Å². The fourth-order valence-corrected chi connectivity index (χ4v) is 4.94. The number of fused-ring (bicyclic) bond motifs is 2. The largest absolute Gasteiger partial charge is 0.507 e. The summed E-state index contributed by atoms with van der Waals surface area (Å²) in [6.45, 7) is 4.40. The number of rotatable bonds is 7. The van der Waals surface area contributed by atoms with Gasteiger partial charge >= 0.3 is 0 Å². The van der Waals surface area contributed by atoms with Gasteiger partial charge in [0.15, 0.2) is 0 Å². The quantitative estimate of drug-likeness (QED) is 0.295. The topological polar surface area (TPSA) is 60.9 Å². The lowest BCUT2D eigenvalue weighted by Crippen LogP contribution is -2.12. The minimum atomic E-state index is -0.0169. The van der Waals surface area contributed by atoms with E-state index in [4.69, 9.17) is 0 Å². The molecule has 0 amide bonds. The Hall–Kier alpha value is -3.27. The van der Waals surface area contributed by atoms with Crippen LogP contribution in [0.3, 0.4) is 0 Å². The van der Waals surface area contributed by atoms with Gasteiger partial charge in [0.05, 0.1) is 6.04 Å². The number of para-hydroxylation sites is 1. The Morgan fingerprint density at radius 3 is 2.38 bits per heavy atom. The van der Waals surface area contributed by atoms with Crippen LogP contribution in [0, 0.1) is 0 Å². The summed E-state index contributed by atoms with van der Waals surface area (Å²) in [5.74, 6) is 0.492. The molecule has 4 nitrogen and oxygen atoms in total. The molecule has 0 radical (unpaired) electrons. The van der Waals surface area contributed by atoms with Crippen molar-refractivity contribution < 1.29 is 5.11 Å². The van der Waals surface area contributed by atoms with Crippen molar-refractivity contribution in [3.05, 3.63) is 77.1 Å². The van der Waals surface area contributed by atoms with Crippen molar-refractivity contribution in [3.8, 4) is 16.9 Å². The highest BCUT2D eigenvalue weighted by atomic mass is 16.3. The molecular weight excluding hydrogens is 394 g/mol. The van der Waals surface area contributed by atoms with Gasteiger partial charge in [0.25, 0.3) is 0 Å². The molecule has 0 saturated carbocycles. The van der Waals surface area contributed by atoms with E-state index in [0.717, 1.165) is 61.0 Å². The highest BCUT2D eigenvalue weighted by molar-refractivity contribution is 6.01. The maximum Gasteiger partial charge on any atom is 0.138 e. The number of unbranched alkanes of at least 4 members (excludes halogenated alkanes) is 2. The number of benzene rings is 2. The fraction of sp³-hybridized carbons (Fsp3) is 0.321. The molecule has 0 saturated heterocycles. The molecule has 3 heterocycles. The Labute approximate surface area is 189 Å². The fourth-order valence-electron chi connectivity index (χ4n) is 4.94. The van der Waals surface area contributed by atoms with Crippen molar-refractivity contribution in [1.82, 2.24) is 9.97 Å². The first-order chi connectivity index (χ1) is 15.7. The summed E-state index contributed by atoms with van der Waals surface area (Å²) in [5, 5.41) is 16.0. The molecule has 4 heteroatoms. The number of aromatic nitrogens is 2. The Morgan fingerprint density at radius 1 is 0.938 bits per heavy atom. The smallest absolute Gasteiger partial charge is 0.138 e. The van der Waals surface area contributed by atoms with Crippen molar-refractivity contribution in [2.45, 2.75) is 58.4 Å². The van der Waals surface area contributed by atoms with E-state index >= 15 is 0 Å². The van der Waals surface area contributed by atoms with Gasteiger partial charge in [0, 0.05) is 34.6 Å². The molecular formula is C28H31N3O. The normalized spacial score (nSPS) is 14.8. The van der Waals surface area contributed by atoms with E-state index in [9.17, 15) is 5.11 Å². The molecule has 2 aromatic heterocycles. The molecule has 0 spiro atoms. The van der Waals surface area contributed by atoms with Crippen LogP contribution in [-0.4, -0.2) is 15.1 Å². The van der Waals surface area contributed by atoms with Crippen molar-refractivity contribution in [2.75, 3.05) is 5.32 Å². The van der Waals surface area contributed by atoms with E-state index in [-0.39, 0.29) is 6.04 Å². The maximum atomic E-state index is 11.0. The van der Waals surface area contributed by atoms with Gasteiger partial charge in [-0.05, 0) is 72.2 Å². The van der Waals surface area contributed by atoms with Crippen LogP contribution < -0.4 is 5.32 Å². The van der Waals surface area contributed by atoms with Crippen LogP contribution >= 0.6 is 0 Å². The minimum absolute atomic E-state index is 0.0169. The summed E-state index contributed by atoms with van der Waals surface area (Å²) in [6.07, 6.45) is 10.1. The summed E-state index contributed by atoms with van der Waals surface area (Å²) in [4.78, 5) is 7.98. The number of hydrogen-bond donors (Lipinski definition) is 3. The molecule has 4 aromatic rings. The van der Waals surface area contributed by atoms with Gasteiger partial charge in [-0.3, -0.25) is 0 Å². The molecule has 0 fully saturated rings. The molecule has 1 aliphatic rings. The molecule has 2 aromatic carbocycles. The second-order valence-corrected chi connectivity index (χ2v) is 8.84. The number of phenolic OH excluding ortho intramolecular Hbond substituents is 1. The first-order valence-corrected chi connectivity index (χ1v) is 11.9. The lowest BCUT2D eigenvalue weighted by Gasteiger charge is -2.22. The standard InChI is InChI=1S/C28H31N3O/c1-3-5-9-18-15-20(16-19(27(18)32)10-6-4-2)26-23-17-30-28-25(23)22(13-14-29-28)21-11-7-8-12-24(21)31-26/h7-8,11-17,26,31-32H,3-6,9-10H2,1-2H3,(H,29,30). The summed E-state index contributed by atoms with van der Waals surface area (Å²) >= 11 is 0. The van der Waals surface area contributed by atoms with E-state index in [1.165, 1.54) is 27.6 Å². The molecule has 1 aliphatic heterocycles. The maximum absolute atomic E-state index is 11.0. The van der Waals surface area contributed by atoms with Gasteiger partial charge in [0.2, 0.25) is 0 Å². The third-order valence-corrected chi connectivity index (χ3v) is 6.65. The zero-order chi connectivity index (χ0) is 22.1. The molecule has 32 heavy (non-hydrogen) atoms. The van der Waals surface area contributed by atoms with Gasteiger partial charge in [-0.2, -0.15) is 0 Å². The van der Waals surface area contributed by atoms with Crippen LogP contribution in [0.5, 0.6) is 5.75 Å². The van der Waals surface area contributed by atoms with Gasteiger partial charge in [-0.1, -0.05) is 44.9 Å². The van der Waals surface area contributed by atoms with Crippen LogP contribution in [0.15, 0.2) is 54.9 Å². The lowest BCUT2D eigenvalue weighted by molar-refractivity contribution is 0.458. The van der Waals surface area contributed by atoms with Gasteiger partial charge < -0.3 is 15.4 Å². The van der Waals surface area contributed by atoms with Crippen LogP contribution in [0.4, 0.5) is 5.69 Å². The summed E-state index contributed by atoms with van der Waals surface area (Å²) in [6, 6.07) is 15.0. The Kier molecular flexibility index (Phi) is 5.60. The van der Waals surface area contributed by atoms with E-state index in [1.807, 2.05) is 6.20 Å². The zero-order valence-corrected chi connectivity index (χ0v) is 18.9. The zero-order valence-electron chi connectivity index (χ0n) is 18.9. The van der Waals surface area contributed by atoms with Crippen molar-refractivity contribution >= 4 is 16.7 Å². The van der Waals surface area contributed by atoms with Crippen LogP contribution in [-0.2, 0) is 12.8 Å². The number of nitrogens with one attached hydrogen (secondary N) is 2. The number of aromatic amines is 1. The summed E-state index contributed by atoms with van der Waals surface area (Å²) in [5.41, 5.74) is 8.96. The highest BCUT2D eigenvalue weighted by Crippen LogP contribution is 2.44. The van der Waals surface area contributed by atoms with Gasteiger partial charge in [-0.25, -0.2) is 4.98 Å². The second kappa shape index (κ2) is 8.70. The molecule has 0 aliphatic carbocycles.